The Morgan fingerprint density at radius 1 is 0.500 bits per heavy atom. The summed E-state index contributed by atoms with van der Waals surface area (Å²) in [5.74, 6) is -0.718. The lowest BCUT2D eigenvalue weighted by atomic mass is 9.98. The van der Waals surface area contributed by atoms with Crippen molar-refractivity contribution in [3.63, 3.8) is 0 Å². The van der Waals surface area contributed by atoms with Crippen molar-refractivity contribution in [1.29, 1.82) is 0 Å². The van der Waals surface area contributed by atoms with Crippen LogP contribution in [0.4, 0.5) is 0 Å². The van der Waals surface area contributed by atoms with E-state index in [-0.39, 0.29) is 12.8 Å². The molecule has 0 bridgehead atoms. The summed E-state index contributed by atoms with van der Waals surface area (Å²) in [5, 5.41) is 76.1. The predicted octanol–water partition coefficient (Wildman–Crippen LogP) is 11.8. The van der Waals surface area contributed by atoms with E-state index >= 15 is 0 Å². The van der Waals surface area contributed by atoms with E-state index in [0.717, 1.165) is 57.8 Å². The zero-order chi connectivity index (χ0) is 51.1. The van der Waals surface area contributed by atoms with Crippen molar-refractivity contribution < 1.29 is 50.0 Å². The van der Waals surface area contributed by atoms with Crippen molar-refractivity contribution >= 4 is 5.91 Å². The second-order valence-electron chi connectivity index (χ2n) is 20.0. The summed E-state index contributed by atoms with van der Waals surface area (Å²) in [6.07, 6.45) is 49.8. The average molecular weight is 991 g/mol. The third-order valence-electron chi connectivity index (χ3n) is 13.5. The van der Waals surface area contributed by atoms with Crippen LogP contribution in [0.15, 0.2) is 60.8 Å². The molecule has 1 fully saturated rings. The highest BCUT2D eigenvalue weighted by Crippen LogP contribution is 2.23. The highest BCUT2D eigenvalue weighted by atomic mass is 16.7. The fourth-order valence-corrected chi connectivity index (χ4v) is 8.82. The van der Waals surface area contributed by atoms with Gasteiger partial charge in [-0.25, -0.2) is 0 Å². The molecule has 1 saturated heterocycles. The second kappa shape index (κ2) is 47.8. The summed E-state index contributed by atoms with van der Waals surface area (Å²) in [6.45, 7) is 3.41. The van der Waals surface area contributed by atoms with Crippen LogP contribution >= 0.6 is 0 Å². The van der Waals surface area contributed by atoms with Gasteiger partial charge in [0.15, 0.2) is 6.29 Å². The van der Waals surface area contributed by atoms with E-state index in [2.05, 4.69) is 79.9 Å². The monoisotopic (exact) mass is 990 g/mol. The Balaban J connectivity index is 2.37. The maximum absolute atomic E-state index is 13.2. The van der Waals surface area contributed by atoms with E-state index in [1.54, 1.807) is 0 Å². The Morgan fingerprint density at radius 3 is 1.39 bits per heavy atom. The van der Waals surface area contributed by atoms with Crippen LogP contribution in [0.1, 0.15) is 239 Å². The standard InChI is InChI=1S/C59H107NO10/c1-3-5-7-9-11-13-15-17-19-21-23-24-25-26-27-28-29-31-32-34-36-38-40-42-44-46-51(62)54(64)50(49-69-59-57(67)56(66)55(65)53(48-61)70-59)60-58(68)52(63)47-45-43-41-39-37-35-33-30-22-20-18-16-14-12-10-8-6-4-2/h12,14,16,18,26-27,31-32,38,40,50-57,59,61-67H,3-11,13,15,17,19-25,28-30,33-37,39,41-49H2,1-2H3,(H,60,68)/b14-12-,18-16-,27-26+,32-31+,40-38+. The number of allylic oxidation sites excluding steroid dienone is 10. The van der Waals surface area contributed by atoms with Crippen LogP contribution in [-0.2, 0) is 14.3 Å². The molecule has 0 radical (unpaired) electrons. The van der Waals surface area contributed by atoms with Gasteiger partial charge in [-0.3, -0.25) is 4.79 Å². The van der Waals surface area contributed by atoms with Crippen LogP contribution in [0.2, 0.25) is 0 Å². The quantitative estimate of drug-likeness (QED) is 0.0165. The van der Waals surface area contributed by atoms with Crippen molar-refractivity contribution in [2.45, 2.75) is 294 Å². The summed E-state index contributed by atoms with van der Waals surface area (Å²) in [7, 11) is 0. The van der Waals surface area contributed by atoms with E-state index in [0.29, 0.717) is 19.3 Å². The molecule has 0 aliphatic carbocycles. The summed E-state index contributed by atoms with van der Waals surface area (Å²) >= 11 is 0. The number of nitrogens with one attached hydrogen (secondary N) is 1. The van der Waals surface area contributed by atoms with Crippen molar-refractivity contribution in [2.75, 3.05) is 13.2 Å². The summed E-state index contributed by atoms with van der Waals surface area (Å²) < 4.78 is 11.1. The summed E-state index contributed by atoms with van der Waals surface area (Å²) in [4.78, 5) is 13.2. The number of hydrogen-bond donors (Lipinski definition) is 8. The minimum absolute atomic E-state index is 0.238. The van der Waals surface area contributed by atoms with Crippen LogP contribution in [-0.4, -0.2) is 110 Å². The Bertz CT molecular complexity index is 1320. The number of amides is 1. The lowest BCUT2D eigenvalue weighted by Crippen LogP contribution is -2.60. The minimum atomic E-state index is -1.68. The zero-order valence-corrected chi connectivity index (χ0v) is 44.5. The maximum Gasteiger partial charge on any atom is 0.249 e. The van der Waals surface area contributed by atoms with E-state index in [1.807, 2.05) is 0 Å². The van der Waals surface area contributed by atoms with Gasteiger partial charge in [0.2, 0.25) is 5.91 Å². The van der Waals surface area contributed by atoms with Gasteiger partial charge in [0.05, 0.1) is 25.4 Å². The van der Waals surface area contributed by atoms with Crippen molar-refractivity contribution in [1.82, 2.24) is 5.32 Å². The van der Waals surface area contributed by atoms with Gasteiger partial charge in [0, 0.05) is 0 Å². The molecule has 1 heterocycles. The topological polar surface area (TPSA) is 189 Å². The van der Waals surface area contributed by atoms with Gasteiger partial charge in [-0.15, -0.1) is 0 Å². The normalized spacial score (nSPS) is 20.7. The minimum Gasteiger partial charge on any atom is -0.394 e. The lowest BCUT2D eigenvalue weighted by Gasteiger charge is -2.40. The Hall–Kier alpha value is -2.19. The molecular weight excluding hydrogens is 883 g/mol. The molecule has 70 heavy (non-hydrogen) atoms. The molecule has 0 aromatic rings. The number of hydrogen-bond acceptors (Lipinski definition) is 10. The van der Waals surface area contributed by atoms with Crippen LogP contribution in [0.25, 0.3) is 0 Å². The van der Waals surface area contributed by atoms with Gasteiger partial charge >= 0.3 is 0 Å². The molecule has 8 N–H and O–H groups in total. The van der Waals surface area contributed by atoms with E-state index in [4.69, 9.17) is 9.47 Å². The van der Waals surface area contributed by atoms with Gasteiger partial charge < -0.3 is 50.5 Å². The number of unbranched alkanes of at least 4 members (excludes halogenated alkanes) is 27. The number of carbonyl (C=O) groups excluding carboxylic acids is 1. The molecule has 1 aliphatic heterocycles. The van der Waals surface area contributed by atoms with Crippen molar-refractivity contribution in [3.05, 3.63) is 60.8 Å². The number of carbonyl (C=O) groups is 1. The Labute approximate surface area is 427 Å². The third kappa shape index (κ3) is 35.8. The van der Waals surface area contributed by atoms with Crippen LogP contribution in [0, 0.1) is 0 Å². The average Bonchev–Trinajstić information content (AvgIpc) is 3.36. The highest BCUT2D eigenvalue weighted by molar-refractivity contribution is 5.80. The summed E-state index contributed by atoms with van der Waals surface area (Å²) in [6, 6.07) is -1.20. The van der Waals surface area contributed by atoms with Gasteiger partial charge in [-0.05, 0) is 89.9 Å². The smallest absolute Gasteiger partial charge is 0.249 e. The molecule has 0 aromatic carbocycles. The van der Waals surface area contributed by atoms with Gasteiger partial charge in [0.25, 0.3) is 0 Å². The van der Waals surface area contributed by atoms with Crippen molar-refractivity contribution in [2.24, 2.45) is 0 Å². The van der Waals surface area contributed by atoms with E-state index in [9.17, 15) is 40.5 Å². The second-order valence-corrected chi connectivity index (χ2v) is 20.0. The third-order valence-corrected chi connectivity index (χ3v) is 13.5. The molecular formula is C59H107NO10. The first-order chi connectivity index (χ1) is 34.2. The molecule has 408 valence electrons. The van der Waals surface area contributed by atoms with Crippen LogP contribution in [0.5, 0.6) is 0 Å². The SMILES string of the molecule is CCCCC/C=C\C=C/CCCCCCCCCCCC(O)C(=O)NC(COC1OC(CO)C(O)C(O)C1O)C(O)C(O)CCC/C=C/CC/C=C/CC/C=C/CCCCCCCCCCCCCC. The molecule has 0 saturated carbocycles. The van der Waals surface area contributed by atoms with E-state index < -0.39 is 74.2 Å². The Morgan fingerprint density at radius 2 is 0.900 bits per heavy atom. The molecule has 1 rings (SSSR count). The first kappa shape index (κ1) is 65.8. The summed E-state index contributed by atoms with van der Waals surface area (Å²) in [5.41, 5.74) is 0. The fraction of sp³-hybridized carbons (Fsp3) is 0.814. The van der Waals surface area contributed by atoms with E-state index in [1.165, 1.54) is 135 Å². The molecule has 11 heteroatoms. The first-order valence-electron chi connectivity index (χ1n) is 28.7. The lowest BCUT2D eigenvalue weighted by molar-refractivity contribution is -0.303. The van der Waals surface area contributed by atoms with Crippen LogP contribution < -0.4 is 5.32 Å². The fourth-order valence-electron chi connectivity index (χ4n) is 8.82. The molecule has 11 nitrogen and oxygen atoms in total. The van der Waals surface area contributed by atoms with Gasteiger partial charge in [-0.2, -0.15) is 0 Å². The molecule has 9 atom stereocenters. The Kier molecular flexibility index (Phi) is 44.9. The van der Waals surface area contributed by atoms with Gasteiger partial charge in [0.1, 0.15) is 36.6 Å². The first-order valence-corrected chi connectivity index (χ1v) is 28.7. The zero-order valence-electron chi connectivity index (χ0n) is 44.5. The predicted molar refractivity (Wildman–Crippen MR) is 288 cm³/mol. The molecule has 9 unspecified atom stereocenters. The van der Waals surface area contributed by atoms with Crippen molar-refractivity contribution in [3.8, 4) is 0 Å². The maximum atomic E-state index is 13.2. The highest BCUT2D eigenvalue weighted by Gasteiger charge is 2.44. The molecule has 1 amide bonds. The largest absolute Gasteiger partial charge is 0.394 e. The number of aliphatic hydroxyl groups is 7. The van der Waals surface area contributed by atoms with Crippen LogP contribution in [0.3, 0.4) is 0 Å². The van der Waals surface area contributed by atoms with Gasteiger partial charge in [-0.1, -0.05) is 209 Å². The number of rotatable bonds is 48. The number of ether oxygens (including phenoxy) is 2. The molecule has 0 aromatic heterocycles. The molecule has 0 spiro atoms. The molecule has 1 aliphatic rings. The number of aliphatic hydroxyl groups excluding tert-OH is 7.